The molecule has 1 atom stereocenters. The van der Waals surface area contributed by atoms with E-state index in [4.69, 9.17) is 16.3 Å². The second-order valence-electron chi connectivity index (χ2n) is 8.01. The number of anilines is 1. The Morgan fingerprint density at radius 2 is 2.07 bits per heavy atom. The normalized spacial score (nSPS) is 26.1. The minimum absolute atomic E-state index is 0.0833. The number of aliphatic hydroxyl groups is 1. The molecule has 3 rings (SSSR count). The topological polar surface area (TPSA) is 108 Å². The molecule has 0 aromatic carbocycles. The first-order chi connectivity index (χ1) is 12.7. The number of carbonyl (C=O) groups is 1. The van der Waals surface area contributed by atoms with E-state index < -0.39 is 17.3 Å². The van der Waals surface area contributed by atoms with Crippen molar-refractivity contribution in [1.82, 2.24) is 15.5 Å². The Morgan fingerprint density at radius 1 is 1.37 bits per heavy atom. The molecule has 27 heavy (non-hydrogen) atoms. The second-order valence-corrected chi connectivity index (χ2v) is 8.38. The van der Waals surface area contributed by atoms with E-state index in [1.807, 2.05) is 18.7 Å². The smallest absolute Gasteiger partial charge is 0.407 e. The van der Waals surface area contributed by atoms with E-state index in [0.29, 0.717) is 25.2 Å². The first-order valence-corrected chi connectivity index (χ1v) is 9.79. The lowest BCUT2D eigenvalue weighted by Crippen LogP contribution is -2.43. The molecule has 0 unspecified atom stereocenters. The van der Waals surface area contributed by atoms with E-state index >= 15 is 0 Å². The minimum Gasteiger partial charge on any atom is -0.444 e. The summed E-state index contributed by atoms with van der Waals surface area (Å²) >= 11 is 6.04. The molecule has 1 aromatic rings. The van der Waals surface area contributed by atoms with Crippen molar-refractivity contribution in [3.05, 3.63) is 21.6 Å². The van der Waals surface area contributed by atoms with Crippen molar-refractivity contribution in [2.45, 2.75) is 63.7 Å². The van der Waals surface area contributed by atoms with Crippen LogP contribution in [0.2, 0.25) is 5.02 Å². The number of H-pyrrole nitrogens is 1. The fourth-order valence-corrected chi connectivity index (χ4v) is 4.14. The molecule has 0 bridgehead atoms. The number of aromatic nitrogens is 2. The number of aromatic amines is 1. The van der Waals surface area contributed by atoms with Gasteiger partial charge in [-0.3, -0.25) is 4.79 Å². The van der Waals surface area contributed by atoms with Gasteiger partial charge < -0.3 is 20.1 Å². The number of halogens is 1. The molecule has 1 aliphatic heterocycles. The Kier molecular flexibility index (Phi) is 5.95. The van der Waals surface area contributed by atoms with Gasteiger partial charge in [0.05, 0.1) is 24.0 Å². The van der Waals surface area contributed by atoms with Crippen LogP contribution >= 0.6 is 11.6 Å². The van der Waals surface area contributed by atoms with Crippen molar-refractivity contribution in [3.8, 4) is 0 Å². The van der Waals surface area contributed by atoms with Crippen LogP contribution < -0.4 is 15.8 Å². The molecule has 0 spiro atoms. The number of alkyl carbamates (subject to hydrolysis) is 1. The molecule has 1 amide bonds. The number of nitrogens with one attached hydrogen (secondary N) is 2. The van der Waals surface area contributed by atoms with Crippen LogP contribution in [0.15, 0.2) is 11.0 Å². The van der Waals surface area contributed by atoms with Gasteiger partial charge in [-0.15, -0.1) is 0 Å². The summed E-state index contributed by atoms with van der Waals surface area (Å²) in [7, 11) is 0. The Balaban J connectivity index is 1.46. The SMILES string of the molecule is CC(C)(O)C1CCC(NC(=O)O[C@@H]2CCN(c3cn[nH]c(=O)c3Cl)C2)CC1. The Labute approximate surface area is 163 Å². The summed E-state index contributed by atoms with van der Waals surface area (Å²) in [5.41, 5.74) is -0.552. The van der Waals surface area contributed by atoms with Gasteiger partial charge in [-0.1, -0.05) is 11.6 Å². The zero-order chi connectivity index (χ0) is 19.6. The van der Waals surface area contributed by atoms with Gasteiger partial charge in [0.2, 0.25) is 0 Å². The highest BCUT2D eigenvalue weighted by Crippen LogP contribution is 2.32. The first kappa shape index (κ1) is 19.9. The number of amides is 1. The number of carbonyl (C=O) groups excluding carboxylic acids is 1. The molecule has 0 radical (unpaired) electrons. The third-order valence-corrected chi connectivity index (χ3v) is 5.95. The molecule has 1 saturated heterocycles. The average Bonchev–Trinajstić information content (AvgIpc) is 3.05. The van der Waals surface area contributed by atoms with Gasteiger partial charge in [0.1, 0.15) is 11.1 Å². The molecule has 2 aliphatic rings. The van der Waals surface area contributed by atoms with Crippen molar-refractivity contribution in [3.63, 3.8) is 0 Å². The summed E-state index contributed by atoms with van der Waals surface area (Å²) in [5.74, 6) is 0.266. The summed E-state index contributed by atoms with van der Waals surface area (Å²) < 4.78 is 5.54. The van der Waals surface area contributed by atoms with Crippen molar-refractivity contribution in [2.75, 3.05) is 18.0 Å². The van der Waals surface area contributed by atoms with Crippen LogP contribution in [0.25, 0.3) is 0 Å². The average molecular weight is 399 g/mol. The number of rotatable bonds is 4. The predicted octanol–water partition coefficient (Wildman–Crippen LogP) is 2.06. The molecule has 1 saturated carbocycles. The molecule has 3 N–H and O–H groups in total. The van der Waals surface area contributed by atoms with Gasteiger partial charge in [-0.25, -0.2) is 9.89 Å². The van der Waals surface area contributed by atoms with Crippen LogP contribution in [-0.4, -0.2) is 52.2 Å². The molecule has 2 fully saturated rings. The zero-order valence-corrected chi connectivity index (χ0v) is 16.5. The first-order valence-electron chi connectivity index (χ1n) is 9.41. The lowest BCUT2D eigenvalue weighted by Gasteiger charge is -2.35. The van der Waals surface area contributed by atoms with Gasteiger partial charge in [-0.05, 0) is 45.4 Å². The van der Waals surface area contributed by atoms with E-state index in [-0.39, 0.29) is 23.1 Å². The van der Waals surface area contributed by atoms with Crippen LogP contribution in [0.1, 0.15) is 46.0 Å². The van der Waals surface area contributed by atoms with Gasteiger partial charge in [0.25, 0.3) is 5.56 Å². The van der Waals surface area contributed by atoms with E-state index in [1.165, 1.54) is 6.20 Å². The zero-order valence-electron chi connectivity index (χ0n) is 15.7. The van der Waals surface area contributed by atoms with Crippen molar-refractivity contribution in [2.24, 2.45) is 5.92 Å². The van der Waals surface area contributed by atoms with Gasteiger partial charge in [0.15, 0.2) is 0 Å². The number of nitrogens with zero attached hydrogens (tertiary/aromatic N) is 2. The van der Waals surface area contributed by atoms with Crippen LogP contribution in [0.5, 0.6) is 0 Å². The van der Waals surface area contributed by atoms with Gasteiger partial charge >= 0.3 is 6.09 Å². The fraction of sp³-hybridized carbons (Fsp3) is 0.722. The maximum Gasteiger partial charge on any atom is 0.407 e. The summed E-state index contributed by atoms with van der Waals surface area (Å²) in [5, 5.41) is 19.2. The lowest BCUT2D eigenvalue weighted by molar-refractivity contribution is -0.00303. The van der Waals surface area contributed by atoms with E-state index in [9.17, 15) is 14.7 Å². The van der Waals surface area contributed by atoms with Crippen LogP contribution in [0, 0.1) is 5.92 Å². The number of hydrogen-bond acceptors (Lipinski definition) is 6. The number of ether oxygens (including phenoxy) is 1. The van der Waals surface area contributed by atoms with E-state index in [0.717, 1.165) is 25.7 Å². The summed E-state index contributed by atoms with van der Waals surface area (Å²) in [6.07, 6.45) is 4.97. The van der Waals surface area contributed by atoms with E-state index in [2.05, 4.69) is 15.5 Å². The standard InChI is InChI=1S/C18H27ClN4O4/c1-18(2,26)11-3-5-12(6-4-11)21-17(25)27-13-7-8-23(10-13)14-9-20-22-16(24)15(14)19/h9,11-13,26H,3-8,10H2,1-2H3,(H,21,25)(H,22,24)/t11?,12?,13-/m1/s1. The van der Waals surface area contributed by atoms with Crippen molar-refractivity contribution < 1.29 is 14.6 Å². The van der Waals surface area contributed by atoms with Crippen molar-refractivity contribution >= 4 is 23.4 Å². The molecule has 8 nitrogen and oxygen atoms in total. The largest absolute Gasteiger partial charge is 0.444 e. The Hall–Kier alpha value is -1.80. The third-order valence-electron chi connectivity index (χ3n) is 5.58. The molecule has 1 aliphatic carbocycles. The maximum absolute atomic E-state index is 12.2. The predicted molar refractivity (Wildman–Crippen MR) is 102 cm³/mol. The highest BCUT2D eigenvalue weighted by Gasteiger charge is 2.33. The fourth-order valence-electron chi connectivity index (χ4n) is 3.93. The summed E-state index contributed by atoms with van der Waals surface area (Å²) in [6, 6.07) is 0.0833. The summed E-state index contributed by atoms with van der Waals surface area (Å²) in [6.45, 7) is 4.80. The highest BCUT2D eigenvalue weighted by atomic mass is 35.5. The maximum atomic E-state index is 12.2. The Bertz CT molecular complexity index is 725. The quantitative estimate of drug-likeness (QED) is 0.716. The minimum atomic E-state index is -0.673. The Morgan fingerprint density at radius 3 is 2.74 bits per heavy atom. The van der Waals surface area contributed by atoms with E-state index in [1.54, 1.807) is 0 Å². The third kappa shape index (κ3) is 4.93. The monoisotopic (exact) mass is 398 g/mol. The van der Waals surface area contributed by atoms with Gasteiger partial charge in [-0.2, -0.15) is 5.10 Å². The highest BCUT2D eigenvalue weighted by molar-refractivity contribution is 6.33. The second kappa shape index (κ2) is 8.06. The van der Waals surface area contributed by atoms with Crippen molar-refractivity contribution in [1.29, 1.82) is 0 Å². The lowest BCUT2D eigenvalue weighted by atomic mass is 9.77. The van der Waals surface area contributed by atoms with Crippen LogP contribution in [0.4, 0.5) is 10.5 Å². The molecule has 2 heterocycles. The number of hydrogen-bond donors (Lipinski definition) is 3. The molecule has 9 heteroatoms. The molecule has 150 valence electrons. The molecular formula is C18H27ClN4O4. The molecular weight excluding hydrogens is 372 g/mol. The molecule has 1 aromatic heterocycles. The van der Waals surface area contributed by atoms with Crippen LogP contribution in [0.3, 0.4) is 0 Å². The summed E-state index contributed by atoms with van der Waals surface area (Å²) in [4.78, 5) is 25.7. The van der Waals surface area contributed by atoms with Gasteiger partial charge in [0, 0.05) is 19.0 Å². The van der Waals surface area contributed by atoms with Crippen LogP contribution in [-0.2, 0) is 4.74 Å².